The Morgan fingerprint density at radius 2 is 1.61 bits per heavy atom. The van der Waals surface area contributed by atoms with Gasteiger partial charge in [-0.2, -0.15) is 13.2 Å². The molecule has 2 amide bonds. The Bertz CT molecular complexity index is 762. The lowest BCUT2D eigenvalue weighted by atomic mass is 9.53. The quantitative estimate of drug-likeness (QED) is 0.755. The van der Waals surface area contributed by atoms with E-state index in [1.807, 2.05) is 13.8 Å². The average Bonchev–Trinajstić information content (AvgIpc) is 2.61. The number of aryl methyl sites for hydroxylation is 1. The van der Waals surface area contributed by atoms with Crippen LogP contribution in [0.1, 0.15) is 68.3 Å². The van der Waals surface area contributed by atoms with Gasteiger partial charge in [-0.15, -0.1) is 0 Å². The second-order valence-corrected chi connectivity index (χ2v) is 8.67. The van der Waals surface area contributed by atoms with Crippen LogP contribution in [-0.4, -0.2) is 24.0 Å². The minimum atomic E-state index is -4.19. The summed E-state index contributed by atoms with van der Waals surface area (Å²) < 4.78 is 40.2. The second-order valence-electron chi connectivity index (χ2n) is 8.67. The van der Waals surface area contributed by atoms with Gasteiger partial charge in [-0.25, -0.2) is 0 Å². The van der Waals surface area contributed by atoms with E-state index in [2.05, 4.69) is 10.6 Å². The molecule has 2 bridgehead atoms. The van der Waals surface area contributed by atoms with Gasteiger partial charge >= 0.3 is 6.18 Å². The normalized spacial score (nSPS) is 27.0. The fourth-order valence-electron chi connectivity index (χ4n) is 4.55. The van der Waals surface area contributed by atoms with Crippen LogP contribution < -0.4 is 10.6 Å². The van der Waals surface area contributed by atoms with Crippen molar-refractivity contribution >= 4 is 17.5 Å². The third-order valence-corrected chi connectivity index (χ3v) is 6.48. The average molecular weight is 396 g/mol. The molecule has 28 heavy (non-hydrogen) atoms. The highest BCUT2D eigenvalue weighted by Gasteiger charge is 2.62. The molecule has 3 aliphatic rings. The predicted molar refractivity (Wildman–Crippen MR) is 101 cm³/mol. The van der Waals surface area contributed by atoms with Gasteiger partial charge in [0.1, 0.15) is 0 Å². The molecule has 2 N–H and O–H groups in total. The first-order valence-electron chi connectivity index (χ1n) is 9.78. The summed E-state index contributed by atoms with van der Waals surface area (Å²) in [6.45, 7) is 5.55. The van der Waals surface area contributed by atoms with Gasteiger partial charge in [0.25, 0.3) is 5.91 Å². The van der Waals surface area contributed by atoms with Crippen molar-refractivity contribution in [2.45, 2.75) is 71.5 Å². The topological polar surface area (TPSA) is 58.2 Å². The molecule has 0 radical (unpaired) electrons. The number of halogens is 3. The summed E-state index contributed by atoms with van der Waals surface area (Å²) in [5.41, 5.74) is -0.478. The number of fused-ring (bicyclic) bond motifs is 3. The molecule has 154 valence electrons. The van der Waals surface area contributed by atoms with E-state index in [1.54, 1.807) is 25.1 Å². The van der Waals surface area contributed by atoms with Crippen LogP contribution in [-0.2, 0) is 4.79 Å². The first-order chi connectivity index (χ1) is 13.0. The molecule has 4 nitrogen and oxygen atoms in total. The van der Waals surface area contributed by atoms with Gasteiger partial charge in [0.2, 0.25) is 5.91 Å². The molecule has 7 heteroatoms. The number of carbonyl (C=O) groups is 2. The zero-order valence-electron chi connectivity index (χ0n) is 16.5. The van der Waals surface area contributed by atoms with E-state index in [0.717, 1.165) is 5.56 Å². The number of amides is 2. The van der Waals surface area contributed by atoms with E-state index in [-0.39, 0.29) is 56.4 Å². The lowest BCUT2D eigenvalue weighted by Gasteiger charge is -2.52. The summed E-state index contributed by atoms with van der Waals surface area (Å²) in [6.07, 6.45) is -3.31. The van der Waals surface area contributed by atoms with Gasteiger partial charge in [0.05, 0.1) is 5.41 Å². The van der Waals surface area contributed by atoms with Gasteiger partial charge in [-0.05, 0) is 83.1 Å². The van der Waals surface area contributed by atoms with Crippen molar-refractivity contribution < 1.29 is 22.8 Å². The van der Waals surface area contributed by atoms with Crippen molar-refractivity contribution in [2.75, 3.05) is 5.32 Å². The van der Waals surface area contributed by atoms with Crippen LogP contribution in [0, 0.1) is 17.8 Å². The van der Waals surface area contributed by atoms with E-state index >= 15 is 0 Å². The molecule has 0 atom stereocenters. The second kappa shape index (κ2) is 7.08. The van der Waals surface area contributed by atoms with E-state index < -0.39 is 17.0 Å². The molecular weight excluding hydrogens is 369 g/mol. The van der Waals surface area contributed by atoms with E-state index in [9.17, 15) is 22.8 Å². The number of carbonyl (C=O) groups excluding carboxylic acids is 2. The highest BCUT2D eigenvalue weighted by atomic mass is 19.4. The number of anilines is 1. The van der Waals surface area contributed by atoms with Crippen LogP contribution in [0.3, 0.4) is 0 Å². The molecule has 3 fully saturated rings. The molecule has 0 saturated heterocycles. The fourth-order valence-corrected chi connectivity index (χ4v) is 4.55. The van der Waals surface area contributed by atoms with Crippen molar-refractivity contribution in [1.82, 2.24) is 5.32 Å². The van der Waals surface area contributed by atoms with Gasteiger partial charge in [0, 0.05) is 22.7 Å². The maximum Gasteiger partial charge on any atom is 0.394 e. The number of alkyl halides is 3. The standard InChI is InChI=1S/C21H27F3N2O2/c1-13(2)25-17(27)16-5-4-15(12-14(16)3)26-18(28)19-6-9-20(10-7-19,11-8-19)21(22,23)24/h4-5,12-13H,6-11H2,1-3H3,(H,25,27)(H,26,28). The van der Waals surface area contributed by atoms with Gasteiger partial charge in [0.15, 0.2) is 0 Å². The molecule has 0 spiro atoms. The number of rotatable bonds is 4. The zero-order chi connectivity index (χ0) is 20.7. The molecule has 3 aliphatic carbocycles. The Labute approximate surface area is 163 Å². The van der Waals surface area contributed by atoms with Crippen LogP contribution in [0.2, 0.25) is 0 Å². The number of hydrogen-bond acceptors (Lipinski definition) is 2. The zero-order valence-corrected chi connectivity index (χ0v) is 16.5. The molecule has 0 unspecified atom stereocenters. The van der Waals surface area contributed by atoms with Crippen LogP contribution in [0.25, 0.3) is 0 Å². The molecule has 4 rings (SSSR count). The molecule has 0 aromatic heterocycles. The maximum absolute atomic E-state index is 13.4. The summed E-state index contributed by atoms with van der Waals surface area (Å²) in [5.74, 6) is -0.381. The lowest BCUT2D eigenvalue weighted by Crippen LogP contribution is -2.53. The van der Waals surface area contributed by atoms with Crippen LogP contribution >= 0.6 is 0 Å². The monoisotopic (exact) mass is 396 g/mol. The van der Waals surface area contributed by atoms with E-state index in [0.29, 0.717) is 11.3 Å². The third-order valence-electron chi connectivity index (χ3n) is 6.48. The van der Waals surface area contributed by atoms with Crippen LogP contribution in [0.5, 0.6) is 0 Å². The minimum absolute atomic E-state index is 0.0202. The largest absolute Gasteiger partial charge is 0.394 e. The van der Waals surface area contributed by atoms with Crippen molar-refractivity contribution in [3.8, 4) is 0 Å². The van der Waals surface area contributed by atoms with Gasteiger partial charge in [-0.3, -0.25) is 9.59 Å². The number of nitrogens with one attached hydrogen (secondary N) is 2. The third kappa shape index (κ3) is 3.63. The van der Waals surface area contributed by atoms with E-state index in [4.69, 9.17) is 0 Å². The SMILES string of the molecule is Cc1cc(NC(=O)C23CCC(C(F)(F)F)(CC2)CC3)ccc1C(=O)NC(C)C. The minimum Gasteiger partial charge on any atom is -0.350 e. The molecular formula is C21H27F3N2O2. The summed E-state index contributed by atoms with van der Waals surface area (Å²) in [5, 5.41) is 5.70. The lowest BCUT2D eigenvalue weighted by molar-refractivity contribution is -0.258. The summed E-state index contributed by atoms with van der Waals surface area (Å²) in [4.78, 5) is 25.1. The number of benzene rings is 1. The summed E-state index contributed by atoms with van der Waals surface area (Å²) >= 11 is 0. The Balaban J connectivity index is 1.69. The van der Waals surface area contributed by atoms with Crippen molar-refractivity contribution in [1.29, 1.82) is 0 Å². The molecule has 1 aromatic carbocycles. The molecule has 1 aromatic rings. The Hall–Kier alpha value is -2.05. The smallest absolute Gasteiger partial charge is 0.350 e. The Morgan fingerprint density at radius 3 is 2.07 bits per heavy atom. The highest BCUT2D eigenvalue weighted by Crippen LogP contribution is 2.62. The first kappa shape index (κ1) is 20.7. The fraction of sp³-hybridized carbons (Fsp3) is 0.619. The molecule has 0 aliphatic heterocycles. The molecule has 3 saturated carbocycles. The van der Waals surface area contributed by atoms with Crippen molar-refractivity contribution in [3.63, 3.8) is 0 Å². The molecule has 0 heterocycles. The van der Waals surface area contributed by atoms with Crippen molar-refractivity contribution in [2.24, 2.45) is 10.8 Å². The summed E-state index contributed by atoms with van der Waals surface area (Å²) in [7, 11) is 0. The Kier molecular flexibility index (Phi) is 5.23. The maximum atomic E-state index is 13.4. The van der Waals surface area contributed by atoms with Gasteiger partial charge < -0.3 is 10.6 Å². The Morgan fingerprint density at radius 1 is 1.04 bits per heavy atom. The highest BCUT2D eigenvalue weighted by molar-refractivity contribution is 5.98. The predicted octanol–water partition coefficient (Wildman–Crippen LogP) is 4.97. The van der Waals surface area contributed by atoms with Crippen molar-refractivity contribution in [3.05, 3.63) is 29.3 Å². The van der Waals surface area contributed by atoms with Crippen LogP contribution in [0.15, 0.2) is 18.2 Å². The van der Waals surface area contributed by atoms with E-state index in [1.165, 1.54) is 0 Å². The number of hydrogen-bond donors (Lipinski definition) is 2. The summed E-state index contributed by atoms with van der Waals surface area (Å²) in [6, 6.07) is 5.08. The van der Waals surface area contributed by atoms with Crippen LogP contribution in [0.4, 0.5) is 18.9 Å². The first-order valence-corrected chi connectivity index (χ1v) is 9.78. The van der Waals surface area contributed by atoms with Gasteiger partial charge in [-0.1, -0.05) is 0 Å².